The average molecular weight is 448 g/mol. The molecular weight excluding hydrogens is 422 g/mol. The van der Waals surface area contributed by atoms with Gasteiger partial charge in [-0.1, -0.05) is 48.2 Å². The third kappa shape index (κ3) is 5.29. The van der Waals surface area contributed by atoms with Gasteiger partial charge in [0, 0.05) is 31.0 Å². The van der Waals surface area contributed by atoms with Gasteiger partial charge in [0.15, 0.2) is 0 Å². The highest BCUT2D eigenvalue weighted by Crippen LogP contribution is 2.35. The standard InChI is InChI=1S/C25H25N3O3S/c1-31-21-11-7-10-20(16-21)27-24(29)23(18-8-3-2-4-9-18)32-22-13-12-19(17-26-22)25(30)28-14-5-6-15-28/h2-4,7-13,16-17,23H,5-6,14-15H2,1H3,(H,27,29). The molecule has 2 aromatic carbocycles. The fourth-order valence-electron chi connectivity index (χ4n) is 3.61. The molecule has 1 atom stereocenters. The molecule has 0 radical (unpaired) electrons. The Labute approximate surface area is 192 Å². The number of amides is 2. The van der Waals surface area contributed by atoms with Crippen molar-refractivity contribution in [1.29, 1.82) is 0 Å². The van der Waals surface area contributed by atoms with Crippen molar-refractivity contribution in [3.05, 3.63) is 84.1 Å². The van der Waals surface area contributed by atoms with E-state index in [1.54, 1.807) is 25.4 Å². The molecule has 1 aliphatic rings. The van der Waals surface area contributed by atoms with Crippen LogP contribution in [0.2, 0.25) is 0 Å². The summed E-state index contributed by atoms with van der Waals surface area (Å²) in [4.78, 5) is 32.1. The summed E-state index contributed by atoms with van der Waals surface area (Å²) in [5.41, 5.74) is 2.11. The van der Waals surface area contributed by atoms with Gasteiger partial charge in [0.1, 0.15) is 11.0 Å². The molecule has 7 heteroatoms. The zero-order valence-corrected chi connectivity index (χ0v) is 18.7. The Morgan fingerprint density at radius 3 is 2.50 bits per heavy atom. The molecular formula is C25H25N3O3S. The van der Waals surface area contributed by atoms with Crippen LogP contribution in [0.25, 0.3) is 0 Å². The lowest BCUT2D eigenvalue weighted by molar-refractivity contribution is -0.115. The Kier molecular flexibility index (Phi) is 7.07. The number of rotatable bonds is 7. The van der Waals surface area contributed by atoms with Crippen molar-refractivity contribution >= 4 is 29.3 Å². The molecule has 1 unspecified atom stereocenters. The minimum Gasteiger partial charge on any atom is -0.497 e. The van der Waals surface area contributed by atoms with Gasteiger partial charge in [0.2, 0.25) is 5.91 Å². The molecule has 1 aromatic heterocycles. The first-order valence-electron chi connectivity index (χ1n) is 10.6. The van der Waals surface area contributed by atoms with E-state index in [9.17, 15) is 9.59 Å². The van der Waals surface area contributed by atoms with Crippen molar-refractivity contribution in [3.63, 3.8) is 0 Å². The van der Waals surface area contributed by atoms with Crippen molar-refractivity contribution in [2.75, 3.05) is 25.5 Å². The van der Waals surface area contributed by atoms with E-state index in [4.69, 9.17) is 4.74 Å². The first-order chi connectivity index (χ1) is 15.6. The number of carbonyl (C=O) groups excluding carboxylic acids is 2. The molecule has 1 aliphatic heterocycles. The highest BCUT2D eigenvalue weighted by atomic mass is 32.2. The number of nitrogens with one attached hydrogen (secondary N) is 1. The van der Waals surface area contributed by atoms with E-state index < -0.39 is 5.25 Å². The number of carbonyl (C=O) groups is 2. The van der Waals surface area contributed by atoms with Gasteiger partial charge in [-0.3, -0.25) is 9.59 Å². The van der Waals surface area contributed by atoms with E-state index in [0.717, 1.165) is 31.5 Å². The largest absolute Gasteiger partial charge is 0.497 e. The number of ether oxygens (including phenoxy) is 1. The molecule has 2 heterocycles. The predicted octanol–water partition coefficient (Wildman–Crippen LogP) is 4.80. The van der Waals surface area contributed by atoms with Crippen LogP contribution in [0.3, 0.4) is 0 Å². The number of aromatic nitrogens is 1. The van der Waals surface area contributed by atoms with Crippen molar-refractivity contribution in [3.8, 4) is 5.75 Å². The van der Waals surface area contributed by atoms with Crippen molar-refractivity contribution in [2.45, 2.75) is 23.1 Å². The Balaban J connectivity index is 1.52. The molecule has 1 N–H and O–H groups in total. The molecule has 32 heavy (non-hydrogen) atoms. The number of thioether (sulfide) groups is 1. The minimum absolute atomic E-state index is 0.0157. The highest BCUT2D eigenvalue weighted by molar-refractivity contribution is 8.00. The summed E-state index contributed by atoms with van der Waals surface area (Å²) in [5, 5.41) is 3.15. The van der Waals surface area contributed by atoms with Gasteiger partial charge >= 0.3 is 0 Å². The van der Waals surface area contributed by atoms with Crippen molar-refractivity contribution in [1.82, 2.24) is 9.88 Å². The van der Waals surface area contributed by atoms with E-state index in [0.29, 0.717) is 22.0 Å². The summed E-state index contributed by atoms with van der Waals surface area (Å²) in [6.45, 7) is 1.60. The van der Waals surface area contributed by atoms with Gasteiger partial charge in [-0.05, 0) is 42.7 Å². The second kappa shape index (κ2) is 10.3. The monoisotopic (exact) mass is 447 g/mol. The average Bonchev–Trinajstić information content (AvgIpc) is 3.38. The maximum Gasteiger partial charge on any atom is 0.255 e. The first-order valence-corrected chi connectivity index (χ1v) is 11.4. The van der Waals surface area contributed by atoms with E-state index in [1.165, 1.54) is 11.8 Å². The fraction of sp³-hybridized carbons (Fsp3) is 0.240. The van der Waals surface area contributed by atoms with Crippen LogP contribution in [-0.4, -0.2) is 41.9 Å². The van der Waals surface area contributed by atoms with Gasteiger partial charge in [0.05, 0.1) is 17.7 Å². The molecule has 1 fully saturated rings. The van der Waals surface area contributed by atoms with Gasteiger partial charge in [-0.2, -0.15) is 0 Å². The van der Waals surface area contributed by atoms with Gasteiger partial charge in [-0.15, -0.1) is 0 Å². The summed E-state index contributed by atoms with van der Waals surface area (Å²) in [6, 6.07) is 20.4. The third-order valence-corrected chi connectivity index (χ3v) is 6.50. The van der Waals surface area contributed by atoms with Gasteiger partial charge in [0.25, 0.3) is 5.91 Å². The molecule has 0 saturated carbocycles. The van der Waals surface area contributed by atoms with Crippen LogP contribution in [0, 0.1) is 0 Å². The Morgan fingerprint density at radius 2 is 1.81 bits per heavy atom. The normalized spacial score (nSPS) is 14.1. The number of anilines is 1. The molecule has 2 amide bonds. The van der Waals surface area contributed by atoms with E-state index in [2.05, 4.69) is 10.3 Å². The van der Waals surface area contributed by atoms with Crippen LogP contribution in [0.15, 0.2) is 78.0 Å². The molecule has 6 nitrogen and oxygen atoms in total. The molecule has 4 rings (SSSR count). The number of hydrogen-bond donors (Lipinski definition) is 1. The zero-order chi connectivity index (χ0) is 22.3. The van der Waals surface area contributed by atoms with E-state index in [1.807, 2.05) is 59.5 Å². The topological polar surface area (TPSA) is 71.5 Å². The number of likely N-dealkylation sites (tertiary alicyclic amines) is 1. The summed E-state index contributed by atoms with van der Waals surface area (Å²) >= 11 is 1.35. The number of pyridine rings is 1. The number of nitrogens with zero attached hydrogens (tertiary/aromatic N) is 2. The van der Waals surface area contributed by atoms with Gasteiger partial charge < -0.3 is 15.0 Å². The minimum atomic E-state index is -0.505. The summed E-state index contributed by atoms with van der Waals surface area (Å²) in [6.07, 6.45) is 3.70. The molecule has 164 valence electrons. The molecule has 1 saturated heterocycles. The second-order valence-electron chi connectivity index (χ2n) is 7.51. The van der Waals surface area contributed by atoms with Crippen LogP contribution in [0.1, 0.15) is 34.0 Å². The second-order valence-corrected chi connectivity index (χ2v) is 8.64. The smallest absolute Gasteiger partial charge is 0.255 e. The quantitative estimate of drug-likeness (QED) is 0.527. The maximum atomic E-state index is 13.2. The molecule has 3 aromatic rings. The molecule has 0 aliphatic carbocycles. The highest BCUT2D eigenvalue weighted by Gasteiger charge is 2.24. The lowest BCUT2D eigenvalue weighted by Gasteiger charge is -2.18. The molecule has 0 bridgehead atoms. The Hall–Kier alpha value is -3.32. The van der Waals surface area contributed by atoms with Crippen LogP contribution >= 0.6 is 11.8 Å². The van der Waals surface area contributed by atoms with E-state index in [-0.39, 0.29) is 11.8 Å². The van der Waals surface area contributed by atoms with Gasteiger partial charge in [-0.25, -0.2) is 4.98 Å². The lowest BCUT2D eigenvalue weighted by atomic mass is 10.1. The lowest BCUT2D eigenvalue weighted by Crippen LogP contribution is -2.27. The van der Waals surface area contributed by atoms with Crippen LogP contribution in [0.4, 0.5) is 5.69 Å². The number of methoxy groups -OCH3 is 1. The fourth-order valence-corrected chi connectivity index (χ4v) is 4.57. The Bertz CT molecular complexity index is 1070. The maximum absolute atomic E-state index is 13.2. The van der Waals surface area contributed by atoms with Crippen molar-refractivity contribution in [2.24, 2.45) is 0 Å². The number of hydrogen-bond acceptors (Lipinski definition) is 5. The summed E-state index contributed by atoms with van der Waals surface area (Å²) in [7, 11) is 1.59. The number of benzene rings is 2. The van der Waals surface area contributed by atoms with Crippen LogP contribution in [0.5, 0.6) is 5.75 Å². The first kappa shape index (κ1) is 21.9. The van der Waals surface area contributed by atoms with Crippen molar-refractivity contribution < 1.29 is 14.3 Å². The zero-order valence-electron chi connectivity index (χ0n) is 17.9. The summed E-state index contributed by atoms with van der Waals surface area (Å²) in [5.74, 6) is 0.530. The SMILES string of the molecule is COc1cccc(NC(=O)C(Sc2ccc(C(=O)N3CCCC3)cn2)c2ccccc2)c1. The van der Waals surface area contributed by atoms with E-state index >= 15 is 0 Å². The third-order valence-electron chi connectivity index (χ3n) is 5.29. The summed E-state index contributed by atoms with van der Waals surface area (Å²) < 4.78 is 5.25. The van der Waals surface area contributed by atoms with Crippen LogP contribution in [-0.2, 0) is 4.79 Å². The predicted molar refractivity (Wildman–Crippen MR) is 126 cm³/mol. The molecule has 0 spiro atoms. The van der Waals surface area contributed by atoms with Crippen LogP contribution < -0.4 is 10.1 Å². The Morgan fingerprint density at radius 1 is 1.03 bits per heavy atom.